The number of methoxy groups -OCH3 is 2. The molecule has 0 aliphatic rings. The van der Waals surface area contributed by atoms with Crippen molar-refractivity contribution >= 4 is 11.8 Å². The van der Waals surface area contributed by atoms with E-state index in [0.717, 1.165) is 0 Å². The van der Waals surface area contributed by atoms with E-state index in [4.69, 9.17) is 18.9 Å². The largest absolute Gasteiger partial charge is 0.509 e. The number of nitro benzene ring substituents is 1. The van der Waals surface area contributed by atoms with Gasteiger partial charge in [0.15, 0.2) is 11.5 Å². The van der Waals surface area contributed by atoms with Crippen LogP contribution in [0.5, 0.6) is 11.5 Å². The molecular formula is C15H21NO7. The monoisotopic (exact) mass is 327 g/mol. The summed E-state index contributed by atoms with van der Waals surface area (Å²) in [5.41, 5.74) is -0.718. The minimum atomic E-state index is -0.888. The van der Waals surface area contributed by atoms with Gasteiger partial charge >= 0.3 is 6.16 Å². The molecule has 23 heavy (non-hydrogen) atoms. The highest BCUT2D eigenvalue weighted by Crippen LogP contribution is 2.34. The van der Waals surface area contributed by atoms with Crippen molar-refractivity contribution in [1.82, 2.24) is 0 Å². The second kappa shape index (κ2) is 7.66. The summed E-state index contributed by atoms with van der Waals surface area (Å²) in [6.45, 7) is 5.04. The van der Waals surface area contributed by atoms with Gasteiger partial charge in [-0.05, 0) is 26.3 Å². The summed E-state index contributed by atoms with van der Waals surface area (Å²) in [7, 11) is 2.79. The Labute approximate surface area is 134 Å². The van der Waals surface area contributed by atoms with Gasteiger partial charge in [0.25, 0.3) is 5.69 Å². The molecule has 1 aromatic carbocycles. The van der Waals surface area contributed by atoms with Gasteiger partial charge in [-0.15, -0.1) is 0 Å². The fourth-order valence-electron chi connectivity index (χ4n) is 1.66. The van der Waals surface area contributed by atoms with Crippen LogP contribution < -0.4 is 9.47 Å². The molecule has 0 aromatic heterocycles. The standard InChI is InChI=1S/C15H21NO7/c1-6-15(2,3)23-14(17)22-9-10-7-12(20-4)13(21-5)8-11(10)16(18)19/h7-8H,6,9H2,1-5H3. The Bertz CT molecular complexity index is 583. The van der Waals surface area contributed by atoms with Gasteiger partial charge < -0.3 is 18.9 Å². The molecule has 0 aliphatic heterocycles. The highest BCUT2D eigenvalue weighted by atomic mass is 16.7. The summed E-state index contributed by atoms with van der Waals surface area (Å²) in [5, 5.41) is 11.1. The van der Waals surface area contributed by atoms with Gasteiger partial charge in [0.2, 0.25) is 0 Å². The summed E-state index contributed by atoms with van der Waals surface area (Å²) >= 11 is 0. The van der Waals surface area contributed by atoms with Crippen LogP contribution in [0.4, 0.5) is 10.5 Å². The number of hydrogen-bond donors (Lipinski definition) is 0. The zero-order valence-corrected chi connectivity index (χ0v) is 13.9. The second-order valence-electron chi connectivity index (χ2n) is 5.35. The summed E-state index contributed by atoms with van der Waals surface area (Å²) in [4.78, 5) is 22.2. The number of ether oxygens (including phenoxy) is 4. The van der Waals surface area contributed by atoms with Crippen molar-refractivity contribution in [1.29, 1.82) is 0 Å². The molecule has 0 heterocycles. The number of benzene rings is 1. The van der Waals surface area contributed by atoms with E-state index in [1.165, 1.54) is 26.4 Å². The summed E-state index contributed by atoms with van der Waals surface area (Å²) < 4.78 is 20.2. The first-order valence-corrected chi connectivity index (χ1v) is 6.99. The molecule has 8 heteroatoms. The van der Waals surface area contributed by atoms with E-state index < -0.39 is 16.7 Å². The molecule has 0 radical (unpaired) electrons. The van der Waals surface area contributed by atoms with Crippen LogP contribution in [-0.4, -0.2) is 30.9 Å². The molecule has 0 spiro atoms. The minimum Gasteiger partial charge on any atom is -0.493 e. The van der Waals surface area contributed by atoms with Crippen molar-refractivity contribution < 1.29 is 28.7 Å². The van der Waals surface area contributed by atoms with Crippen LogP contribution in [-0.2, 0) is 16.1 Å². The third-order valence-corrected chi connectivity index (χ3v) is 3.34. The Hall–Kier alpha value is -2.51. The Morgan fingerprint density at radius 1 is 1.22 bits per heavy atom. The molecule has 0 amide bonds. The maximum absolute atomic E-state index is 11.7. The van der Waals surface area contributed by atoms with Crippen molar-refractivity contribution in [3.63, 3.8) is 0 Å². The smallest absolute Gasteiger partial charge is 0.493 e. The van der Waals surface area contributed by atoms with Gasteiger partial charge in [0.05, 0.1) is 30.8 Å². The van der Waals surface area contributed by atoms with Crippen LogP contribution in [0.3, 0.4) is 0 Å². The molecule has 0 bridgehead atoms. The summed E-state index contributed by atoms with van der Waals surface area (Å²) in [6.07, 6.45) is -0.278. The molecule has 1 aromatic rings. The molecule has 128 valence electrons. The first kappa shape index (κ1) is 18.5. The lowest BCUT2D eigenvalue weighted by molar-refractivity contribution is -0.385. The fraction of sp³-hybridized carbons (Fsp3) is 0.533. The normalized spacial score (nSPS) is 10.8. The molecule has 8 nitrogen and oxygen atoms in total. The van der Waals surface area contributed by atoms with Crippen molar-refractivity contribution in [3.8, 4) is 11.5 Å². The van der Waals surface area contributed by atoms with Gasteiger partial charge in [0, 0.05) is 0 Å². The minimum absolute atomic E-state index is 0.180. The Balaban J connectivity index is 2.95. The van der Waals surface area contributed by atoms with E-state index in [0.29, 0.717) is 12.2 Å². The maximum Gasteiger partial charge on any atom is 0.509 e. The average molecular weight is 327 g/mol. The van der Waals surface area contributed by atoms with Crippen LogP contribution >= 0.6 is 0 Å². The predicted octanol–water partition coefficient (Wildman–Crippen LogP) is 3.45. The zero-order chi connectivity index (χ0) is 17.6. The molecule has 0 saturated carbocycles. The van der Waals surface area contributed by atoms with Crippen LogP contribution in [0.15, 0.2) is 12.1 Å². The Morgan fingerprint density at radius 3 is 2.26 bits per heavy atom. The highest BCUT2D eigenvalue weighted by molar-refractivity contribution is 5.61. The molecule has 0 aliphatic carbocycles. The molecule has 0 unspecified atom stereocenters. The number of carbonyl (C=O) groups is 1. The lowest BCUT2D eigenvalue weighted by Crippen LogP contribution is -2.27. The SMILES string of the molecule is CCC(C)(C)OC(=O)OCc1cc(OC)c(OC)cc1[N+](=O)[O-]. The van der Waals surface area contributed by atoms with Gasteiger partial charge in [-0.25, -0.2) is 4.79 Å². The highest BCUT2D eigenvalue weighted by Gasteiger charge is 2.24. The Morgan fingerprint density at radius 2 is 1.78 bits per heavy atom. The first-order valence-electron chi connectivity index (χ1n) is 6.99. The van der Waals surface area contributed by atoms with E-state index in [9.17, 15) is 14.9 Å². The third-order valence-electron chi connectivity index (χ3n) is 3.34. The fourth-order valence-corrected chi connectivity index (χ4v) is 1.66. The topological polar surface area (TPSA) is 97.1 Å². The quantitative estimate of drug-likeness (QED) is 0.430. The van der Waals surface area contributed by atoms with Crippen molar-refractivity contribution in [2.45, 2.75) is 39.4 Å². The number of nitrogens with zero attached hydrogens (tertiary/aromatic N) is 1. The Kier molecular flexibility index (Phi) is 6.18. The second-order valence-corrected chi connectivity index (χ2v) is 5.35. The zero-order valence-electron chi connectivity index (χ0n) is 13.9. The van der Waals surface area contributed by atoms with E-state index in [1.807, 2.05) is 6.92 Å². The van der Waals surface area contributed by atoms with E-state index in [1.54, 1.807) is 13.8 Å². The molecular weight excluding hydrogens is 306 g/mol. The summed E-state index contributed by atoms with van der Waals surface area (Å²) in [5.74, 6) is 0.525. The predicted molar refractivity (Wildman–Crippen MR) is 81.8 cm³/mol. The third kappa shape index (κ3) is 5.01. The molecule has 0 N–H and O–H groups in total. The van der Waals surface area contributed by atoms with Crippen LogP contribution in [0.2, 0.25) is 0 Å². The van der Waals surface area contributed by atoms with Crippen LogP contribution in [0.1, 0.15) is 32.8 Å². The van der Waals surface area contributed by atoms with E-state index in [2.05, 4.69) is 0 Å². The summed E-state index contributed by atoms with van der Waals surface area (Å²) in [6, 6.07) is 2.62. The van der Waals surface area contributed by atoms with Gasteiger partial charge in [-0.3, -0.25) is 10.1 Å². The van der Waals surface area contributed by atoms with E-state index in [-0.39, 0.29) is 23.6 Å². The van der Waals surface area contributed by atoms with Crippen molar-refractivity contribution in [2.75, 3.05) is 14.2 Å². The maximum atomic E-state index is 11.7. The van der Waals surface area contributed by atoms with Crippen molar-refractivity contribution in [2.24, 2.45) is 0 Å². The molecule has 0 atom stereocenters. The van der Waals surface area contributed by atoms with Gasteiger partial charge in [-0.1, -0.05) is 6.92 Å². The van der Waals surface area contributed by atoms with Gasteiger partial charge in [0.1, 0.15) is 12.2 Å². The first-order chi connectivity index (χ1) is 10.7. The van der Waals surface area contributed by atoms with Gasteiger partial charge in [-0.2, -0.15) is 0 Å². The average Bonchev–Trinajstić information content (AvgIpc) is 2.51. The van der Waals surface area contributed by atoms with Crippen molar-refractivity contribution in [3.05, 3.63) is 27.8 Å². The number of carbonyl (C=O) groups excluding carboxylic acids is 1. The molecule has 1 rings (SSSR count). The lowest BCUT2D eigenvalue weighted by atomic mass is 10.1. The number of hydrogen-bond acceptors (Lipinski definition) is 7. The molecule has 0 fully saturated rings. The van der Waals surface area contributed by atoms with Crippen LogP contribution in [0.25, 0.3) is 0 Å². The van der Waals surface area contributed by atoms with Crippen LogP contribution in [0, 0.1) is 10.1 Å². The number of rotatable bonds is 7. The van der Waals surface area contributed by atoms with E-state index >= 15 is 0 Å². The lowest BCUT2D eigenvalue weighted by Gasteiger charge is -2.22. The molecule has 0 saturated heterocycles. The number of nitro groups is 1.